The van der Waals surface area contributed by atoms with Gasteiger partial charge < -0.3 is 0 Å². The molecule has 4 heteroatoms. The molecule has 0 saturated carbocycles. The zero-order valence-corrected chi connectivity index (χ0v) is 7.57. The summed E-state index contributed by atoms with van der Waals surface area (Å²) in [5.74, 6) is -0.322. The van der Waals surface area contributed by atoms with Gasteiger partial charge in [0.15, 0.2) is 11.5 Å². The van der Waals surface area contributed by atoms with Crippen molar-refractivity contribution in [2.45, 2.75) is 6.92 Å². The second-order valence-corrected chi connectivity index (χ2v) is 3.00. The van der Waals surface area contributed by atoms with E-state index in [2.05, 4.69) is 10.2 Å². The van der Waals surface area contributed by atoms with Crippen LogP contribution >= 0.6 is 0 Å². The Morgan fingerprint density at radius 1 is 1.36 bits per heavy atom. The van der Waals surface area contributed by atoms with Gasteiger partial charge in [-0.2, -0.15) is 5.10 Å². The van der Waals surface area contributed by atoms with Crippen molar-refractivity contribution in [2.75, 3.05) is 0 Å². The number of Topliss-reactive ketones (excluding diaryl/α,β-unsaturated/α-hetero) is 1. The molecule has 4 nitrogen and oxygen atoms in total. The molecule has 0 atom stereocenters. The first-order valence-electron chi connectivity index (χ1n) is 4.18. The number of nitrogens with one attached hydrogen (secondary N) is 1. The maximum atomic E-state index is 11.7. The Morgan fingerprint density at radius 3 is 2.79 bits per heavy atom. The standard InChI is InChI=1S/C10H8N2O2/c1-6(13)9-10(14)7-4-2-3-5-8(7)11-12-9/h2-5H,1H3,(H,11,14). The molecular formula is C10H8N2O2. The fourth-order valence-corrected chi connectivity index (χ4v) is 1.31. The zero-order valence-electron chi connectivity index (χ0n) is 7.57. The third-order valence-corrected chi connectivity index (χ3v) is 2.01. The summed E-state index contributed by atoms with van der Waals surface area (Å²) in [5.41, 5.74) is 0.290. The summed E-state index contributed by atoms with van der Waals surface area (Å²) >= 11 is 0. The van der Waals surface area contributed by atoms with Crippen LogP contribution in [0, 0.1) is 0 Å². The number of nitrogens with zero attached hydrogens (tertiary/aromatic N) is 1. The Kier molecular flexibility index (Phi) is 1.89. The zero-order chi connectivity index (χ0) is 10.1. The molecule has 0 spiro atoms. The van der Waals surface area contributed by atoms with E-state index in [1.807, 2.05) is 0 Å². The summed E-state index contributed by atoms with van der Waals surface area (Å²) in [5, 5.41) is 6.88. The van der Waals surface area contributed by atoms with Gasteiger partial charge in [-0.1, -0.05) is 12.1 Å². The number of ketones is 1. The van der Waals surface area contributed by atoms with Crippen molar-refractivity contribution >= 4 is 16.7 Å². The summed E-state index contributed by atoms with van der Waals surface area (Å²) in [6.45, 7) is 1.33. The summed E-state index contributed by atoms with van der Waals surface area (Å²) in [4.78, 5) is 22.7. The molecule has 0 unspecified atom stereocenters. The van der Waals surface area contributed by atoms with Crippen LogP contribution in [0.3, 0.4) is 0 Å². The number of para-hydroxylation sites is 1. The Bertz CT molecular complexity index is 557. The highest BCUT2D eigenvalue weighted by Gasteiger charge is 2.09. The van der Waals surface area contributed by atoms with Crippen molar-refractivity contribution in [1.82, 2.24) is 10.2 Å². The van der Waals surface area contributed by atoms with Gasteiger partial charge in [0.1, 0.15) is 0 Å². The van der Waals surface area contributed by atoms with E-state index in [1.165, 1.54) is 6.92 Å². The van der Waals surface area contributed by atoms with Gasteiger partial charge in [0.05, 0.1) is 5.52 Å². The molecule has 1 aromatic carbocycles. The van der Waals surface area contributed by atoms with E-state index in [4.69, 9.17) is 0 Å². The Labute approximate surface area is 79.6 Å². The number of carbonyl (C=O) groups excluding carboxylic acids is 1. The second-order valence-electron chi connectivity index (χ2n) is 3.00. The van der Waals surface area contributed by atoms with Gasteiger partial charge in [-0.15, -0.1) is 0 Å². The topological polar surface area (TPSA) is 62.8 Å². The highest BCUT2D eigenvalue weighted by atomic mass is 16.1. The molecule has 0 aliphatic rings. The molecule has 1 heterocycles. The van der Waals surface area contributed by atoms with Crippen LogP contribution in [0.5, 0.6) is 0 Å². The summed E-state index contributed by atoms with van der Waals surface area (Å²) in [7, 11) is 0. The minimum atomic E-state index is -0.322. The Balaban J connectivity index is 2.89. The van der Waals surface area contributed by atoms with Crippen LogP contribution in [0.25, 0.3) is 10.9 Å². The minimum absolute atomic E-state index is 0.0382. The van der Waals surface area contributed by atoms with E-state index in [9.17, 15) is 9.59 Å². The number of hydrogen-bond donors (Lipinski definition) is 1. The highest BCUT2D eigenvalue weighted by molar-refractivity contribution is 5.94. The van der Waals surface area contributed by atoms with Gasteiger partial charge in [0, 0.05) is 12.3 Å². The molecule has 2 rings (SSSR count). The van der Waals surface area contributed by atoms with Crippen LogP contribution in [0.1, 0.15) is 17.4 Å². The first-order chi connectivity index (χ1) is 6.70. The lowest BCUT2D eigenvalue weighted by Gasteiger charge is -1.97. The fraction of sp³-hybridized carbons (Fsp3) is 0.100. The van der Waals surface area contributed by atoms with Crippen molar-refractivity contribution in [2.24, 2.45) is 0 Å². The van der Waals surface area contributed by atoms with Crippen LogP contribution in [-0.2, 0) is 0 Å². The number of benzene rings is 1. The molecule has 14 heavy (non-hydrogen) atoms. The third kappa shape index (κ3) is 1.21. The second kappa shape index (κ2) is 3.06. The van der Waals surface area contributed by atoms with Crippen LogP contribution in [-0.4, -0.2) is 16.0 Å². The molecule has 0 bridgehead atoms. The van der Waals surface area contributed by atoms with Gasteiger partial charge in [-0.3, -0.25) is 14.7 Å². The van der Waals surface area contributed by atoms with E-state index < -0.39 is 0 Å². The maximum Gasteiger partial charge on any atom is 0.218 e. The van der Waals surface area contributed by atoms with E-state index >= 15 is 0 Å². The summed E-state index contributed by atoms with van der Waals surface area (Å²) in [6, 6.07) is 6.96. The number of fused-ring (bicyclic) bond motifs is 1. The number of hydrogen-bond acceptors (Lipinski definition) is 3. The van der Waals surface area contributed by atoms with E-state index in [0.717, 1.165) is 0 Å². The first-order valence-corrected chi connectivity index (χ1v) is 4.18. The molecule has 0 fully saturated rings. The van der Waals surface area contributed by atoms with Crippen LogP contribution in [0.2, 0.25) is 0 Å². The van der Waals surface area contributed by atoms with Gasteiger partial charge in [0.2, 0.25) is 5.43 Å². The molecule has 0 aliphatic carbocycles. The predicted molar refractivity (Wildman–Crippen MR) is 52.4 cm³/mol. The molecular weight excluding hydrogens is 180 g/mol. The lowest BCUT2D eigenvalue weighted by molar-refractivity contribution is 0.101. The average molecular weight is 188 g/mol. The molecule has 70 valence electrons. The SMILES string of the molecule is CC(=O)c1n[nH]c2ccccc2c1=O. The van der Waals surface area contributed by atoms with Crippen molar-refractivity contribution in [3.63, 3.8) is 0 Å². The number of rotatable bonds is 1. The summed E-state index contributed by atoms with van der Waals surface area (Å²) in [6.07, 6.45) is 0. The Hall–Kier alpha value is -1.97. The quantitative estimate of drug-likeness (QED) is 0.682. The number of H-pyrrole nitrogens is 1. The molecule has 0 amide bonds. The van der Waals surface area contributed by atoms with Crippen LogP contribution in [0.4, 0.5) is 0 Å². The molecule has 1 aromatic heterocycles. The number of carbonyl (C=O) groups is 1. The highest BCUT2D eigenvalue weighted by Crippen LogP contribution is 2.04. The third-order valence-electron chi connectivity index (χ3n) is 2.01. The van der Waals surface area contributed by atoms with Gasteiger partial charge in [0.25, 0.3) is 0 Å². The van der Waals surface area contributed by atoms with Crippen molar-refractivity contribution in [1.29, 1.82) is 0 Å². The lowest BCUT2D eigenvalue weighted by atomic mass is 10.2. The number of aromatic amines is 1. The van der Waals surface area contributed by atoms with Crippen molar-refractivity contribution < 1.29 is 4.79 Å². The predicted octanol–water partition coefficient (Wildman–Crippen LogP) is 1.13. The lowest BCUT2D eigenvalue weighted by Crippen LogP contribution is -2.16. The fourth-order valence-electron chi connectivity index (χ4n) is 1.31. The van der Waals surface area contributed by atoms with Gasteiger partial charge in [-0.05, 0) is 12.1 Å². The monoisotopic (exact) mass is 188 g/mol. The smallest absolute Gasteiger partial charge is 0.218 e. The van der Waals surface area contributed by atoms with Gasteiger partial charge in [-0.25, -0.2) is 0 Å². The normalized spacial score (nSPS) is 10.4. The molecule has 0 aliphatic heterocycles. The van der Waals surface area contributed by atoms with Crippen LogP contribution < -0.4 is 5.43 Å². The Morgan fingerprint density at radius 2 is 2.07 bits per heavy atom. The van der Waals surface area contributed by atoms with E-state index in [-0.39, 0.29) is 16.9 Å². The van der Waals surface area contributed by atoms with E-state index in [0.29, 0.717) is 10.9 Å². The summed E-state index contributed by atoms with van der Waals surface area (Å²) < 4.78 is 0. The molecule has 2 aromatic rings. The average Bonchev–Trinajstić information content (AvgIpc) is 2.18. The molecule has 0 radical (unpaired) electrons. The first kappa shape index (κ1) is 8.62. The van der Waals surface area contributed by atoms with Crippen molar-refractivity contribution in [3.8, 4) is 0 Å². The maximum absolute atomic E-state index is 11.7. The largest absolute Gasteiger partial charge is 0.293 e. The minimum Gasteiger partial charge on any atom is -0.293 e. The van der Waals surface area contributed by atoms with E-state index in [1.54, 1.807) is 24.3 Å². The number of aromatic nitrogens is 2. The van der Waals surface area contributed by atoms with Crippen LogP contribution in [0.15, 0.2) is 29.1 Å². The molecule has 1 N–H and O–H groups in total. The van der Waals surface area contributed by atoms with Gasteiger partial charge >= 0.3 is 0 Å². The van der Waals surface area contributed by atoms with Crippen molar-refractivity contribution in [3.05, 3.63) is 40.2 Å². The molecule has 0 saturated heterocycles.